The number of rotatable bonds is 1. The van der Waals surface area contributed by atoms with Gasteiger partial charge in [-0.25, -0.2) is 0 Å². The summed E-state index contributed by atoms with van der Waals surface area (Å²) in [6, 6.07) is 4.02. The molecule has 1 N–H and O–H groups in total. The first-order valence-corrected chi connectivity index (χ1v) is 5.30. The van der Waals surface area contributed by atoms with Gasteiger partial charge in [0.05, 0.1) is 12.5 Å². The Bertz CT molecular complexity index is 352. The minimum absolute atomic E-state index is 0.219. The van der Waals surface area contributed by atoms with Crippen LogP contribution in [0.25, 0.3) is 0 Å². The van der Waals surface area contributed by atoms with Gasteiger partial charge in [-0.3, -0.25) is 0 Å². The fraction of sp³-hybridized carbons (Fsp3) is 0.500. The van der Waals surface area contributed by atoms with Crippen molar-refractivity contribution in [1.29, 1.82) is 5.26 Å². The molecule has 13 heavy (non-hydrogen) atoms. The third kappa shape index (κ3) is 1.37. The molecule has 1 unspecified atom stereocenters. The molecule has 1 aliphatic rings. The number of hydrogen-bond donors (Lipinski definition) is 1. The summed E-state index contributed by atoms with van der Waals surface area (Å²) in [6.45, 7) is 0. The van der Waals surface area contributed by atoms with Gasteiger partial charge in [-0.2, -0.15) is 5.26 Å². The molecule has 1 heterocycles. The number of nitrogens with zero attached hydrogens (tertiary/aromatic N) is 1. The molecule has 0 fully saturated rings. The highest BCUT2D eigenvalue weighted by Crippen LogP contribution is 2.39. The predicted molar refractivity (Wildman–Crippen MR) is 51.4 cm³/mol. The smallest absolute Gasteiger partial charge is 0.104 e. The van der Waals surface area contributed by atoms with Crippen molar-refractivity contribution in [1.82, 2.24) is 0 Å². The Morgan fingerprint density at radius 1 is 1.69 bits per heavy atom. The summed E-state index contributed by atoms with van der Waals surface area (Å²) in [5.41, 5.74) is 0.132. The maximum Gasteiger partial charge on any atom is 0.104 e. The van der Waals surface area contributed by atoms with Crippen LogP contribution in [0.4, 0.5) is 0 Å². The lowest BCUT2D eigenvalue weighted by Gasteiger charge is -2.30. The predicted octanol–water partition coefficient (Wildman–Crippen LogP) is 2.19. The Morgan fingerprint density at radius 3 is 3.31 bits per heavy atom. The van der Waals surface area contributed by atoms with E-state index in [4.69, 9.17) is 5.26 Å². The molecule has 1 aromatic heterocycles. The van der Waals surface area contributed by atoms with Crippen molar-refractivity contribution in [3.63, 3.8) is 0 Å². The van der Waals surface area contributed by atoms with E-state index >= 15 is 0 Å². The van der Waals surface area contributed by atoms with Gasteiger partial charge >= 0.3 is 0 Å². The van der Waals surface area contributed by atoms with Gasteiger partial charge in [0.1, 0.15) is 5.60 Å². The average Bonchev–Trinajstić information content (AvgIpc) is 2.54. The summed E-state index contributed by atoms with van der Waals surface area (Å²) in [4.78, 5) is 1.25. The van der Waals surface area contributed by atoms with E-state index in [0.717, 1.165) is 24.8 Å². The van der Waals surface area contributed by atoms with E-state index in [2.05, 4.69) is 6.07 Å². The van der Waals surface area contributed by atoms with Gasteiger partial charge < -0.3 is 5.11 Å². The molecule has 0 aliphatic heterocycles. The molecular formula is C10H11NOS. The Balaban J connectivity index is 2.40. The normalized spacial score (nSPS) is 26.5. The SMILES string of the molecule is N#CCC1(O)CCCc2sccc21. The highest BCUT2D eigenvalue weighted by molar-refractivity contribution is 7.10. The number of hydrogen-bond acceptors (Lipinski definition) is 3. The summed E-state index contributed by atoms with van der Waals surface area (Å²) in [5, 5.41) is 20.8. The number of fused-ring (bicyclic) bond motifs is 1. The highest BCUT2D eigenvalue weighted by atomic mass is 32.1. The van der Waals surface area contributed by atoms with Crippen LogP contribution in [-0.4, -0.2) is 5.11 Å². The minimum atomic E-state index is -0.859. The first kappa shape index (κ1) is 8.74. The Kier molecular flexibility index (Phi) is 2.10. The molecule has 1 atom stereocenters. The van der Waals surface area contributed by atoms with Gasteiger partial charge in [-0.15, -0.1) is 11.3 Å². The summed E-state index contributed by atoms with van der Waals surface area (Å²) in [7, 11) is 0. The van der Waals surface area contributed by atoms with Gasteiger partial charge in [-0.1, -0.05) is 0 Å². The van der Waals surface area contributed by atoms with E-state index in [-0.39, 0.29) is 6.42 Å². The Hall–Kier alpha value is -0.850. The largest absolute Gasteiger partial charge is 0.384 e. The van der Waals surface area contributed by atoms with Crippen LogP contribution in [0.5, 0.6) is 0 Å². The maximum absolute atomic E-state index is 10.2. The van der Waals surface area contributed by atoms with Crippen LogP contribution >= 0.6 is 11.3 Å². The van der Waals surface area contributed by atoms with Crippen molar-refractivity contribution in [2.75, 3.05) is 0 Å². The van der Waals surface area contributed by atoms with Gasteiger partial charge in [0, 0.05) is 4.88 Å². The van der Waals surface area contributed by atoms with E-state index < -0.39 is 5.60 Å². The van der Waals surface area contributed by atoms with E-state index in [1.165, 1.54) is 4.88 Å². The zero-order chi connectivity index (χ0) is 9.31. The maximum atomic E-state index is 10.2. The van der Waals surface area contributed by atoms with Crippen molar-refractivity contribution < 1.29 is 5.11 Å². The first-order chi connectivity index (χ1) is 6.26. The van der Waals surface area contributed by atoms with Gasteiger partial charge in [0.25, 0.3) is 0 Å². The summed E-state index contributed by atoms with van der Waals surface area (Å²) in [6.07, 6.45) is 2.99. The lowest BCUT2D eigenvalue weighted by Crippen LogP contribution is -2.28. The molecule has 0 radical (unpaired) electrons. The van der Waals surface area contributed by atoms with Crippen molar-refractivity contribution in [3.05, 3.63) is 21.9 Å². The zero-order valence-corrected chi connectivity index (χ0v) is 8.10. The third-order valence-corrected chi connectivity index (χ3v) is 3.59. The van der Waals surface area contributed by atoms with Crippen molar-refractivity contribution in [2.45, 2.75) is 31.3 Å². The van der Waals surface area contributed by atoms with Crippen LogP contribution in [0.1, 0.15) is 29.7 Å². The molecule has 0 saturated heterocycles. The van der Waals surface area contributed by atoms with E-state index in [0.29, 0.717) is 0 Å². The fourth-order valence-corrected chi connectivity index (χ4v) is 2.95. The fourth-order valence-electron chi connectivity index (χ4n) is 1.94. The molecule has 3 heteroatoms. The number of aliphatic hydroxyl groups is 1. The molecule has 0 amide bonds. The van der Waals surface area contributed by atoms with Crippen molar-refractivity contribution >= 4 is 11.3 Å². The standard InChI is InChI=1S/C10H11NOS/c11-6-5-10(12)4-1-2-9-8(10)3-7-13-9/h3,7,12H,1-2,4-5H2. The van der Waals surface area contributed by atoms with Crippen LogP contribution in [0.3, 0.4) is 0 Å². The first-order valence-electron chi connectivity index (χ1n) is 4.42. The van der Waals surface area contributed by atoms with Gasteiger partial charge in [0.15, 0.2) is 0 Å². The number of aryl methyl sites for hydroxylation is 1. The molecule has 1 aliphatic carbocycles. The summed E-state index contributed by atoms with van der Waals surface area (Å²) >= 11 is 1.68. The quantitative estimate of drug-likeness (QED) is 0.743. The minimum Gasteiger partial charge on any atom is -0.384 e. The second-order valence-electron chi connectivity index (χ2n) is 3.48. The van der Waals surface area contributed by atoms with Gasteiger partial charge in [0.2, 0.25) is 0 Å². The molecular weight excluding hydrogens is 182 g/mol. The molecule has 0 spiro atoms. The molecule has 0 saturated carbocycles. The number of thiophene rings is 1. The molecule has 2 rings (SSSR count). The molecule has 1 aromatic rings. The second kappa shape index (κ2) is 3.13. The lowest BCUT2D eigenvalue weighted by molar-refractivity contribution is 0.0244. The van der Waals surface area contributed by atoms with E-state index in [9.17, 15) is 5.11 Å². The van der Waals surface area contributed by atoms with Crippen LogP contribution in [0.2, 0.25) is 0 Å². The van der Waals surface area contributed by atoms with Crippen LogP contribution in [-0.2, 0) is 12.0 Å². The van der Waals surface area contributed by atoms with Gasteiger partial charge in [-0.05, 0) is 36.3 Å². The molecule has 68 valence electrons. The molecule has 2 nitrogen and oxygen atoms in total. The van der Waals surface area contributed by atoms with E-state index in [1.54, 1.807) is 11.3 Å². The van der Waals surface area contributed by atoms with E-state index in [1.807, 2.05) is 11.4 Å². The third-order valence-electron chi connectivity index (χ3n) is 2.61. The van der Waals surface area contributed by atoms with Crippen LogP contribution in [0.15, 0.2) is 11.4 Å². The average molecular weight is 193 g/mol. The second-order valence-corrected chi connectivity index (χ2v) is 4.48. The van der Waals surface area contributed by atoms with Crippen molar-refractivity contribution in [3.8, 4) is 6.07 Å². The topological polar surface area (TPSA) is 44.0 Å². The molecule has 0 bridgehead atoms. The zero-order valence-electron chi connectivity index (χ0n) is 7.29. The van der Waals surface area contributed by atoms with Crippen molar-refractivity contribution in [2.24, 2.45) is 0 Å². The molecule has 0 aromatic carbocycles. The highest BCUT2D eigenvalue weighted by Gasteiger charge is 2.34. The Labute approximate surface area is 81.4 Å². The Morgan fingerprint density at radius 2 is 2.54 bits per heavy atom. The van der Waals surface area contributed by atoms with Crippen LogP contribution < -0.4 is 0 Å². The van der Waals surface area contributed by atoms with Crippen LogP contribution in [0, 0.1) is 11.3 Å². The lowest BCUT2D eigenvalue weighted by atomic mass is 9.81. The summed E-state index contributed by atoms with van der Waals surface area (Å²) < 4.78 is 0. The monoisotopic (exact) mass is 193 g/mol. The number of nitriles is 1. The summed E-state index contributed by atoms with van der Waals surface area (Å²) in [5.74, 6) is 0.